The molecule has 7 nitrogen and oxygen atoms in total. The molecule has 3 heterocycles. The van der Waals surface area contributed by atoms with Gasteiger partial charge in [0.1, 0.15) is 18.2 Å². The number of amidine groups is 1. The zero-order chi connectivity index (χ0) is 17.4. The molecule has 9 heteroatoms. The van der Waals surface area contributed by atoms with Gasteiger partial charge in [-0.15, -0.1) is 0 Å². The summed E-state index contributed by atoms with van der Waals surface area (Å²) in [5.41, 5.74) is 2.70. The number of methoxy groups -OCH3 is 1. The van der Waals surface area contributed by atoms with Gasteiger partial charge in [0.25, 0.3) is 0 Å². The number of aromatic amines is 1. The highest BCUT2D eigenvalue weighted by atomic mass is 35.5. The number of rotatable bonds is 4. The molecule has 0 amide bonds. The molecule has 1 aliphatic rings. The van der Waals surface area contributed by atoms with Crippen molar-refractivity contribution >= 4 is 34.3 Å². The van der Waals surface area contributed by atoms with E-state index in [1.165, 1.54) is 12.1 Å². The summed E-state index contributed by atoms with van der Waals surface area (Å²) in [6.07, 6.45) is 1.64. The average Bonchev–Trinajstić information content (AvgIpc) is 3.23. The van der Waals surface area contributed by atoms with E-state index < -0.39 is 5.82 Å². The van der Waals surface area contributed by atoms with Crippen molar-refractivity contribution in [2.24, 2.45) is 5.16 Å². The minimum Gasteiger partial charge on any atom is -0.377 e. The highest BCUT2D eigenvalue weighted by molar-refractivity contribution is 6.31. The molecule has 0 aliphatic carbocycles. The normalized spacial score (nSPS) is 14.0. The number of halogens is 2. The molecule has 1 aliphatic heterocycles. The van der Waals surface area contributed by atoms with E-state index in [-0.39, 0.29) is 11.8 Å². The van der Waals surface area contributed by atoms with Gasteiger partial charge in [-0.25, -0.2) is 14.4 Å². The second-order valence-corrected chi connectivity index (χ2v) is 5.78. The number of imidazole rings is 1. The second kappa shape index (κ2) is 6.30. The van der Waals surface area contributed by atoms with Crippen LogP contribution in [0.15, 0.2) is 35.6 Å². The smallest absolute Gasteiger partial charge is 0.195 e. The Labute approximate surface area is 147 Å². The molecule has 2 aromatic heterocycles. The summed E-state index contributed by atoms with van der Waals surface area (Å²) in [5, 5.41) is 4.15. The van der Waals surface area contributed by atoms with Gasteiger partial charge in [-0.1, -0.05) is 16.8 Å². The van der Waals surface area contributed by atoms with Crippen LogP contribution in [0.1, 0.15) is 11.4 Å². The van der Waals surface area contributed by atoms with Crippen LogP contribution in [-0.2, 0) is 16.2 Å². The second-order valence-electron chi connectivity index (χ2n) is 5.37. The lowest BCUT2D eigenvalue weighted by molar-refractivity contribution is 0.174. The Morgan fingerprint density at radius 3 is 3.08 bits per heavy atom. The SMILES string of the molecule is COCc1nc2nccc(C3=NOCN3c3ccc(F)c(Cl)c3)c2[nH]1. The molecule has 1 aromatic carbocycles. The molecule has 0 unspecified atom stereocenters. The number of anilines is 1. The Balaban J connectivity index is 1.77. The quantitative estimate of drug-likeness (QED) is 0.773. The number of hydrogen-bond acceptors (Lipinski definition) is 6. The van der Waals surface area contributed by atoms with Crippen LogP contribution in [0.25, 0.3) is 11.2 Å². The fraction of sp³-hybridized carbons (Fsp3) is 0.188. The standard InChI is InChI=1S/C16H13ClFN5O2/c1-24-7-13-20-14-10(4-5-19-15(14)21-13)16-22-25-8-23(16)9-2-3-12(18)11(17)6-9/h2-6H,7-8H2,1H3,(H,19,20,21). The van der Waals surface area contributed by atoms with Crippen molar-refractivity contribution in [2.75, 3.05) is 18.7 Å². The lowest BCUT2D eigenvalue weighted by Gasteiger charge is -2.18. The number of nitrogens with zero attached hydrogens (tertiary/aromatic N) is 4. The van der Waals surface area contributed by atoms with E-state index >= 15 is 0 Å². The highest BCUT2D eigenvalue weighted by Gasteiger charge is 2.25. The van der Waals surface area contributed by atoms with Crippen LogP contribution in [0.2, 0.25) is 5.02 Å². The van der Waals surface area contributed by atoms with Gasteiger partial charge in [-0.05, 0) is 24.3 Å². The number of pyridine rings is 1. The number of benzene rings is 1. The first-order valence-electron chi connectivity index (χ1n) is 7.43. The Hall–Kier alpha value is -2.71. The topological polar surface area (TPSA) is 75.6 Å². The third-order valence-corrected chi connectivity index (χ3v) is 4.06. The summed E-state index contributed by atoms with van der Waals surface area (Å²) in [7, 11) is 1.59. The molecule has 0 radical (unpaired) electrons. The predicted octanol–water partition coefficient (Wildman–Crippen LogP) is 3.05. The first kappa shape index (κ1) is 15.8. The van der Waals surface area contributed by atoms with Gasteiger partial charge in [0, 0.05) is 24.6 Å². The zero-order valence-electron chi connectivity index (χ0n) is 13.2. The number of ether oxygens (including phenoxy) is 1. The number of nitrogens with one attached hydrogen (secondary N) is 1. The van der Waals surface area contributed by atoms with Gasteiger partial charge in [-0.3, -0.25) is 4.90 Å². The van der Waals surface area contributed by atoms with Crippen molar-refractivity contribution in [1.29, 1.82) is 0 Å². The van der Waals surface area contributed by atoms with E-state index in [0.29, 0.717) is 29.6 Å². The van der Waals surface area contributed by atoms with Gasteiger partial charge in [0.15, 0.2) is 18.2 Å². The van der Waals surface area contributed by atoms with E-state index in [4.69, 9.17) is 21.2 Å². The van der Waals surface area contributed by atoms with Crippen LogP contribution in [0, 0.1) is 5.82 Å². The minimum absolute atomic E-state index is 0.0348. The van der Waals surface area contributed by atoms with Crippen LogP contribution < -0.4 is 4.90 Å². The summed E-state index contributed by atoms with van der Waals surface area (Å²) in [4.78, 5) is 18.9. The zero-order valence-corrected chi connectivity index (χ0v) is 13.9. The Kier molecular flexibility index (Phi) is 3.98. The van der Waals surface area contributed by atoms with Gasteiger partial charge < -0.3 is 14.6 Å². The van der Waals surface area contributed by atoms with Gasteiger partial charge in [-0.2, -0.15) is 0 Å². The highest BCUT2D eigenvalue weighted by Crippen LogP contribution is 2.28. The van der Waals surface area contributed by atoms with Crippen molar-refractivity contribution in [3.63, 3.8) is 0 Å². The van der Waals surface area contributed by atoms with E-state index in [0.717, 1.165) is 11.1 Å². The van der Waals surface area contributed by atoms with Crippen molar-refractivity contribution in [2.45, 2.75) is 6.61 Å². The molecule has 0 bridgehead atoms. The maximum atomic E-state index is 13.4. The number of fused-ring (bicyclic) bond motifs is 1. The molecule has 1 N–H and O–H groups in total. The summed E-state index contributed by atoms with van der Waals surface area (Å²) >= 11 is 5.90. The largest absolute Gasteiger partial charge is 0.377 e. The fourth-order valence-corrected chi connectivity index (χ4v) is 2.83. The van der Waals surface area contributed by atoms with Crippen LogP contribution in [0.5, 0.6) is 0 Å². The molecule has 128 valence electrons. The van der Waals surface area contributed by atoms with Crippen LogP contribution in [-0.4, -0.2) is 34.6 Å². The number of oxime groups is 1. The Morgan fingerprint density at radius 2 is 2.28 bits per heavy atom. The van der Waals surface area contributed by atoms with Crippen molar-refractivity contribution in [3.8, 4) is 0 Å². The summed E-state index contributed by atoms with van der Waals surface area (Å²) < 4.78 is 18.5. The third kappa shape index (κ3) is 2.79. The third-order valence-electron chi connectivity index (χ3n) is 3.77. The Bertz CT molecular complexity index is 974. The van der Waals surface area contributed by atoms with E-state index in [1.807, 2.05) is 6.07 Å². The lowest BCUT2D eigenvalue weighted by atomic mass is 10.2. The molecule has 0 spiro atoms. The first-order valence-corrected chi connectivity index (χ1v) is 7.80. The summed E-state index contributed by atoms with van der Waals surface area (Å²) in [5.74, 6) is 0.740. The predicted molar refractivity (Wildman–Crippen MR) is 91.0 cm³/mol. The maximum Gasteiger partial charge on any atom is 0.195 e. The van der Waals surface area contributed by atoms with Crippen molar-refractivity contribution in [1.82, 2.24) is 15.0 Å². The Morgan fingerprint density at radius 1 is 1.40 bits per heavy atom. The molecule has 4 rings (SSSR count). The first-order chi connectivity index (χ1) is 12.2. The van der Waals surface area contributed by atoms with E-state index in [1.54, 1.807) is 24.3 Å². The van der Waals surface area contributed by atoms with E-state index in [2.05, 4.69) is 20.1 Å². The van der Waals surface area contributed by atoms with Crippen molar-refractivity contribution in [3.05, 3.63) is 52.7 Å². The average molecular weight is 362 g/mol. The molecule has 0 saturated carbocycles. The number of hydrogen-bond donors (Lipinski definition) is 1. The molecule has 0 saturated heterocycles. The fourth-order valence-electron chi connectivity index (χ4n) is 2.65. The van der Waals surface area contributed by atoms with Crippen molar-refractivity contribution < 1.29 is 14.0 Å². The molecule has 0 fully saturated rings. The van der Waals surface area contributed by atoms with Gasteiger partial charge in [0.05, 0.1) is 10.5 Å². The molecule has 3 aromatic rings. The monoisotopic (exact) mass is 361 g/mol. The number of H-pyrrole nitrogens is 1. The summed E-state index contributed by atoms with van der Waals surface area (Å²) in [6, 6.07) is 6.27. The number of aromatic nitrogens is 3. The molecule has 25 heavy (non-hydrogen) atoms. The molecular formula is C16H13ClFN5O2. The van der Waals surface area contributed by atoms with Crippen LogP contribution >= 0.6 is 11.6 Å². The van der Waals surface area contributed by atoms with Gasteiger partial charge >= 0.3 is 0 Å². The molecular weight excluding hydrogens is 349 g/mol. The molecule has 0 atom stereocenters. The van der Waals surface area contributed by atoms with Crippen LogP contribution in [0.3, 0.4) is 0 Å². The summed E-state index contributed by atoms with van der Waals surface area (Å²) in [6.45, 7) is 0.538. The van der Waals surface area contributed by atoms with Gasteiger partial charge in [0.2, 0.25) is 0 Å². The van der Waals surface area contributed by atoms with Crippen LogP contribution in [0.4, 0.5) is 10.1 Å². The maximum absolute atomic E-state index is 13.4. The minimum atomic E-state index is -0.479. The lowest BCUT2D eigenvalue weighted by Crippen LogP contribution is -2.28. The van der Waals surface area contributed by atoms with E-state index in [9.17, 15) is 4.39 Å².